The van der Waals surface area contributed by atoms with Crippen LogP contribution in [0, 0.1) is 5.41 Å². The molecule has 112 valence electrons. The van der Waals surface area contributed by atoms with Crippen molar-refractivity contribution >= 4 is 12.0 Å². The number of carbonyl (C=O) groups is 2. The average molecular weight is 284 g/mol. The first kappa shape index (κ1) is 15.9. The summed E-state index contributed by atoms with van der Waals surface area (Å²) in [6, 6.07) is -0.861. The number of hydrogen-bond donors (Lipinski definition) is 3. The lowest BCUT2D eigenvalue weighted by molar-refractivity contribution is -0.138. The van der Waals surface area contributed by atoms with Gasteiger partial charge in [0.1, 0.15) is 0 Å². The molecule has 0 fully saturated rings. The zero-order chi connectivity index (χ0) is 15.2. The van der Waals surface area contributed by atoms with E-state index in [1.165, 1.54) is 6.39 Å². The van der Waals surface area contributed by atoms with Gasteiger partial charge in [0.25, 0.3) is 0 Å². The fourth-order valence-electron chi connectivity index (χ4n) is 1.55. The van der Waals surface area contributed by atoms with Crippen LogP contribution in [0.4, 0.5) is 4.79 Å². The largest absolute Gasteiger partial charge is 0.481 e. The van der Waals surface area contributed by atoms with Crippen molar-refractivity contribution in [1.82, 2.24) is 20.8 Å². The van der Waals surface area contributed by atoms with Gasteiger partial charge in [-0.1, -0.05) is 25.9 Å². The Morgan fingerprint density at radius 1 is 1.45 bits per heavy atom. The summed E-state index contributed by atoms with van der Waals surface area (Å²) in [5, 5.41) is 17.8. The second-order valence-corrected chi connectivity index (χ2v) is 5.51. The predicted molar refractivity (Wildman–Crippen MR) is 70.0 cm³/mol. The Labute approximate surface area is 116 Å². The molecule has 0 aromatic carbocycles. The van der Waals surface area contributed by atoms with Crippen LogP contribution in [0.15, 0.2) is 10.9 Å². The minimum Gasteiger partial charge on any atom is -0.481 e. The van der Waals surface area contributed by atoms with E-state index in [0.717, 1.165) is 0 Å². The Hall–Kier alpha value is -2.12. The molecule has 1 rings (SSSR count). The normalized spacial score (nSPS) is 12.8. The summed E-state index contributed by atoms with van der Waals surface area (Å²) < 4.78 is 4.57. The zero-order valence-electron chi connectivity index (χ0n) is 11.8. The van der Waals surface area contributed by atoms with E-state index in [-0.39, 0.29) is 11.8 Å². The highest BCUT2D eigenvalue weighted by Gasteiger charge is 2.28. The molecular formula is C12H20N4O4. The summed E-state index contributed by atoms with van der Waals surface area (Å²) in [7, 11) is 0. The fourth-order valence-corrected chi connectivity index (χ4v) is 1.55. The molecule has 0 spiro atoms. The van der Waals surface area contributed by atoms with Crippen LogP contribution < -0.4 is 10.6 Å². The van der Waals surface area contributed by atoms with E-state index in [1.54, 1.807) is 0 Å². The Balaban J connectivity index is 2.39. The summed E-state index contributed by atoms with van der Waals surface area (Å²) in [5.41, 5.74) is -0.344. The van der Waals surface area contributed by atoms with Crippen LogP contribution in [0.3, 0.4) is 0 Å². The Morgan fingerprint density at radius 2 is 2.15 bits per heavy atom. The van der Waals surface area contributed by atoms with E-state index >= 15 is 0 Å². The molecule has 0 aliphatic rings. The second-order valence-electron chi connectivity index (χ2n) is 5.51. The number of nitrogens with zero attached hydrogens (tertiary/aromatic N) is 2. The highest BCUT2D eigenvalue weighted by Crippen LogP contribution is 2.21. The van der Waals surface area contributed by atoms with E-state index < -0.39 is 18.0 Å². The third kappa shape index (κ3) is 5.68. The lowest BCUT2D eigenvalue weighted by atomic mass is 9.85. The van der Waals surface area contributed by atoms with Crippen LogP contribution in [0.1, 0.15) is 33.0 Å². The Bertz CT molecular complexity index is 439. The summed E-state index contributed by atoms with van der Waals surface area (Å²) in [6.07, 6.45) is 1.54. The number of carbonyl (C=O) groups excluding carboxylic acids is 1. The van der Waals surface area contributed by atoms with Gasteiger partial charge in [-0.3, -0.25) is 4.79 Å². The number of urea groups is 1. The minimum atomic E-state index is -0.947. The first-order valence-corrected chi connectivity index (χ1v) is 6.30. The van der Waals surface area contributed by atoms with E-state index in [1.807, 2.05) is 20.8 Å². The molecule has 0 aliphatic carbocycles. The van der Waals surface area contributed by atoms with E-state index in [4.69, 9.17) is 5.11 Å². The first-order valence-electron chi connectivity index (χ1n) is 6.30. The van der Waals surface area contributed by atoms with Gasteiger partial charge in [-0.15, -0.1) is 0 Å². The van der Waals surface area contributed by atoms with Gasteiger partial charge in [0.15, 0.2) is 5.82 Å². The summed E-state index contributed by atoms with van der Waals surface area (Å²) in [5.74, 6) is -0.444. The zero-order valence-corrected chi connectivity index (χ0v) is 11.8. The van der Waals surface area contributed by atoms with Crippen molar-refractivity contribution in [3.63, 3.8) is 0 Å². The fraction of sp³-hybridized carbons (Fsp3) is 0.667. The van der Waals surface area contributed by atoms with E-state index in [0.29, 0.717) is 18.8 Å². The third-order valence-electron chi connectivity index (χ3n) is 2.77. The van der Waals surface area contributed by atoms with Crippen molar-refractivity contribution in [3.8, 4) is 0 Å². The smallest absolute Gasteiger partial charge is 0.315 e. The van der Waals surface area contributed by atoms with Crippen LogP contribution in [0.2, 0.25) is 0 Å². The molecule has 1 aromatic rings. The van der Waals surface area contributed by atoms with Gasteiger partial charge in [-0.05, 0) is 5.41 Å². The average Bonchev–Trinajstić information content (AvgIpc) is 2.79. The van der Waals surface area contributed by atoms with Gasteiger partial charge in [-0.2, -0.15) is 4.98 Å². The summed E-state index contributed by atoms with van der Waals surface area (Å²) in [4.78, 5) is 26.4. The minimum absolute atomic E-state index is 0.123. The standard InChI is InChI=1S/C12H20N4O4/c1-12(2,3)8(6-10(17)18)15-11(19)13-5-4-9-14-7-20-16-9/h7-8H,4-6H2,1-3H3,(H,17,18)(H2,13,15,19). The maximum atomic E-state index is 11.7. The number of hydrogen-bond acceptors (Lipinski definition) is 5. The van der Waals surface area contributed by atoms with Crippen molar-refractivity contribution in [2.45, 2.75) is 39.7 Å². The molecule has 3 N–H and O–H groups in total. The Kier molecular flexibility index (Phi) is 5.48. The molecule has 1 unspecified atom stereocenters. The topological polar surface area (TPSA) is 117 Å². The number of rotatable bonds is 6. The molecule has 0 saturated heterocycles. The van der Waals surface area contributed by atoms with Crippen molar-refractivity contribution in [3.05, 3.63) is 12.2 Å². The van der Waals surface area contributed by atoms with Crippen LogP contribution in [0.25, 0.3) is 0 Å². The van der Waals surface area contributed by atoms with E-state index in [9.17, 15) is 9.59 Å². The molecule has 1 heterocycles. The molecular weight excluding hydrogens is 264 g/mol. The maximum absolute atomic E-state index is 11.7. The number of aliphatic carboxylic acids is 1. The summed E-state index contributed by atoms with van der Waals surface area (Å²) in [6.45, 7) is 5.97. The highest BCUT2D eigenvalue weighted by atomic mass is 16.5. The lowest BCUT2D eigenvalue weighted by Gasteiger charge is -2.30. The molecule has 2 amide bonds. The quantitative estimate of drug-likeness (QED) is 0.711. The van der Waals surface area contributed by atoms with Crippen LogP contribution in [-0.4, -0.2) is 39.8 Å². The monoisotopic (exact) mass is 284 g/mol. The van der Waals surface area contributed by atoms with Crippen LogP contribution in [-0.2, 0) is 11.2 Å². The Morgan fingerprint density at radius 3 is 2.65 bits per heavy atom. The summed E-state index contributed by atoms with van der Waals surface area (Å²) >= 11 is 0. The van der Waals surface area contributed by atoms with Crippen molar-refractivity contribution < 1.29 is 19.2 Å². The molecule has 20 heavy (non-hydrogen) atoms. The van der Waals surface area contributed by atoms with Gasteiger partial charge in [0, 0.05) is 19.0 Å². The molecule has 8 nitrogen and oxygen atoms in total. The number of nitrogens with one attached hydrogen (secondary N) is 2. The van der Waals surface area contributed by atoms with Gasteiger partial charge in [0.05, 0.1) is 6.42 Å². The van der Waals surface area contributed by atoms with Crippen molar-refractivity contribution in [2.24, 2.45) is 5.41 Å². The van der Waals surface area contributed by atoms with E-state index in [2.05, 4.69) is 25.3 Å². The number of amides is 2. The molecule has 0 aliphatic heterocycles. The predicted octanol–water partition coefficient (Wildman–Crippen LogP) is 0.801. The van der Waals surface area contributed by atoms with Gasteiger partial charge < -0.3 is 20.3 Å². The van der Waals surface area contributed by atoms with Crippen LogP contribution in [0.5, 0.6) is 0 Å². The first-order chi connectivity index (χ1) is 9.29. The second kappa shape index (κ2) is 6.88. The number of aromatic nitrogens is 2. The number of carboxylic acids is 1. The highest BCUT2D eigenvalue weighted by molar-refractivity contribution is 5.75. The van der Waals surface area contributed by atoms with Gasteiger partial charge in [-0.25, -0.2) is 4.79 Å². The lowest BCUT2D eigenvalue weighted by Crippen LogP contribution is -2.49. The maximum Gasteiger partial charge on any atom is 0.315 e. The molecule has 0 bridgehead atoms. The van der Waals surface area contributed by atoms with Gasteiger partial charge in [0.2, 0.25) is 6.39 Å². The molecule has 1 aromatic heterocycles. The molecule has 0 saturated carbocycles. The number of carboxylic acid groups (broad SMARTS) is 1. The van der Waals surface area contributed by atoms with Gasteiger partial charge >= 0.3 is 12.0 Å². The molecule has 8 heteroatoms. The SMILES string of the molecule is CC(C)(C)C(CC(=O)O)NC(=O)NCCc1ncon1. The molecule has 0 radical (unpaired) electrons. The molecule has 1 atom stereocenters. The van der Waals surface area contributed by atoms with Crippen LogP contribution >= 0.6 is 0 Å². The van der Waals surface area contributed by atoms with Crippen molar-refractivity contribution in [2.75, 3.05) is 6.54 Å². The van der Waals surface area contributed by atoms with Crippen molar-refractivity contribution in [1.29, 1.82) is 0 Å². The third-order valence-corrected chi connectivity index (χ3v) is 2.77.